The maximum atomic E-state index is 10.3. The minimum Gasteiger partial charge on any atom is -0.481 e. The Morgan fingerprint density at radius 2 is 2.29 bits per heavy atom. The number of thioether (sulfide) groups is 1. The smallest absolute Gasteiger partial charge is 0.314 e. The predicted molar refractivity (Wildman–Crippen MR) is 59.1 cm³/mol. The van der Waals surface area contributed by atoms with Crippen molar-refractivity contribution in [3.8, 4) is 0 Å². The number of hydrogen-bond donors (Lipinski definition) is 1. The van der Waals surface area contributed by atoms with E-state index in [2.05, 4.69) is 10.1 Å². The summed E-state index contributed by atoms with van der Waals surface area (Å²) in [5.74, 6) is -0.501. The molecule has 8 heteroatoms. The van der Waals surface area contributed by atoms with Crippen LogP contribution in [0.4, 0.5) is 0 Å². The standard InChI is InChI=1S/C9H14N2O5S/c1-14-4-5-15-3-2-7-10-9(16-11-7)17-6-8(12)13/h2-6H2,1H3,(H,12,13). The topological polar surface area (TPSA) is 94.7 Å². The lowest BCUT2D eigenvalue weighted by Crippen LogP contribution is -2.05. The van der Waals surface area contributed by atoms with Crippen LogP contribution in [0.1, 0.15) is 5.82 Å². The zero-order valence-electron chi connectivity index (χ0n) is 9.42. The fourth-order valence-corrected chi connectivity index (χ4v) is 1.44. The van der Waals surface area contributed by atoms with E-state index in [-0.39, 0.29) is 11.0 Å². The minimum absolute atomic E-state index is 0.0913. The van der Waals surface area contributed by atoms with Crippen molar-refractivity contribution in [1.82, 2.24) is 10.1 Å². The van der Waals surface area contributed by atoms with E-state index >= 15 is 0 Å². The van der Waals surface area contributed by atoms with E-state index < -0.39 is 5.97 Å². The molecule has 7 nitrogen and oxygen atoms in total. The fourth-order valence-electron chi connectivity index (χ4n) is 0.929. The van der Waals surface area contributed by atoms with Gasteiger partial charge >= 0.3 is 5.97 Å². The molecular formula is C9H14N2O5S. The molecule has 0 bridgehead atoms. The SMILES string of the molecule is COCCOCCc1noc(SCC(=O)O)n1. The van der Waals surface area contributed by atoms with Crippen molar-refractivity contribution in [1.29, 1.82) is 0 Å². The van der Waals surface area contributed by atoms with E-state index in [4.69, 9.17) is 19.1 Å². The van der Waals surface area contributed by atoms with Crippen LogP contribution >= 0.6 is 11.8 Å². The van der Waals surface area contributed by atoms with Crippen LogP contribution in [0.2, 0.25) is 0 Å². The summed E-state index contributed by atoms with van der Waals surface area (Å²) in [5, 5.41) is 12.4. The maximum absolute atomic E-state index is 10.3. The number of nitrogens with zero attached hydrogens (tertiary/aromatic N) is 2. The van der Waals surface area contributed by atoms with Gasteiger partial charge in [-0.15, -0.1) is 0 Å². The van der Waals surface area contributed by atoms with Gasteiger partial charge in [0.15, 0.2) is 5.82 Å². The lowest BCUT2D eigenvalue weighted by molar-refractivity contribution is -0.133. The molecule has 1 N–H and O–H groups in total. The quantitative estimate of drug-likeness (QED) is 0.506. The Labute approximate surface area is 102 Å². The van der Waals surface area contributed by atoms with Gasteiger partial charge in [0.1, 0.15) is 5.75 Å². The largest absolute Gasteiger partial charge is 0.481 e. The van der Waals surface area contributed by atoms with Crippen LogP contribution in [0.25, 0.3) is 0 Å². The molecule has 1 rings (SSSR count). The van der Waals surface area contributed by atoms with E-state index in [1.165, 1.54) is 0 Å². The van der Waals surface area contributed by atoms with E-state index in [0.29, 0.717) is 32.1 Å². The molecule has 0 aliphatic heterocycles. The average Bonchev–Trinajstić information content (AvgIpc) is 2.74. The summed E-state index contributed by atoms with van der Waals surface area (Å²) in [7, 11) is 1.61. The number of carboxylic acids is 1. The Balaban J connectivity index is 2.19. The Morgan fingerprint density at radius 1 is 1.47 bits per heavy atom. The van der Waals surface area contributed by atoms with Crippen LogP contribution in [-0.4, -0.2) is 53.9 Å². The van der Waals surface area contributed by atoms with Crippen molar-refractivity contribution in [2.75, 3.05) is 32.7 Å². The maximum Gasteiger partial charge on any atom is 0.314 e. The van der Waals surface area contributed by atoms with Crippen molar-refractivity contribution in [2.24, 2.45) is 0 Å². The Kier molecular flexibility index (Phi) is 6.60. The first-order valence-corrected chi connectivity index (χ1v) is 5.95. The number of aromatic nitrogens is 2. The van der Waals surface area contributed by atoms with E-state index in [9.17, 15) is 4.79 Å². The zero-order valence-corrected chi connectivity index (χ0v) is 10.2. The van der Waals surface area contributed by atoms with E-state index in [1.807, 2.05) is 0 Å². The second-order valence-electron chi connectivity index (χ2n) is 3.01. The molecular weight excluding hydrogens is 248 g/mol. The van der Waals surface area contributed by atoms with Crippen LogP contribution in [0.15, 0.2) is 9.75 Å². The molecule has 1 heterocycles. The summed E-state index contributed by atoms with van der Waals surface area (Å²) in [6.45, 7) is 1.55. The molecule has 0 aromatic carbocycles. The number of aliphatic carboxylic acids is 1. The predicted octanol–water partition coefficient (Wildman–Crippen LogP) is 0.452. The van der Waals surface area contributed by atoms with Crippen LogP contribution in [0.3, 0.4) is 0 Å². The van der Waals surface area contributed by atoms with Crippen molar-refractivity contribution in [3.63, 3.8) is 0 Å². The van der Waals surface area contributed by atoms with Crippen LogP contribution < -0.4 is 0 Å². The number of carboxylic acid groups (broad SMARTS) is 1. The summed E-state index contributed by atoms with van der Waals surface area (Å²) >= 11 is 0.996. The molecule has 0 saturated heterocycles. The highest BCUT2D eigenvalue weighted by Gasteiger charge is 2.08. The highest BCUT2D eigenvalue weighted by atomic mass is 32.2. The number of methoxy groups -OCH3 is 1. The van der Waals surface area contributed by atoms with Crippen molar-refractivity contribution < 1.29 is 23.9 Å². The third kappa shape index (κ3) is 6.25. The van der Waals surface area contributed by atoms with Gasteiger partial charge in [-0.1, -0.05) is 16.9 Å². The summed E-state index contributed by atoms with van der Waals surface area (Å²) in [6, 6.07) is 0. The second-order valence-corrected chi connectivity index (χ2v) is 3.94. The average molecular weight is 262 g/mol. The summed E-state index contributed by atoms with van der Waals surface area (Å²) < 4.78 is 14.9. The number of hydrogen-bond acceptors (Lipinski definition) is 7. The lowest BCUT2D eigenvalue weighted by Gasteiger charge is -1.99. The monoisotopic (exact) mass is 262 g/mol. The number of carbonyl (C=O) groups is 1. The highest BCUT2D eigenvalue weighted by Crippen LogP contribution is 2.14. The first kappa shape index (κ1) is 13.9. The molecule has 0 fully saturated rings. The van der Waals surface area contributed by atoms with Gasteiger partial charge in [-0.25, -0.2) is 0 Å². The van der Waals surface area contributed by atoms with E-state index in [0.717, 1.165) is 11.8 Å². The van der Waals surface area contributed by atoms with Gasteiger partial charge in [-0.05, 0) is 0 Å². The first-order chi connectivity index (χ1) is 8.22. The van der Waals surface area contributed by atoms with Gasteiger partial charge in [-0.3, -0.25) is 4.79 Å². The molecule has 0 aliphatic rings. The van der Waals surface area contributed by atoms with E-state index in [1.54, 1.807) is 7.11 Å². The van der Waals surface area contributed by atoms with Gasteiger partial charge in [0.2, 0.25) is 0 Å². The zero-order chi connectivity index (χ0) is 12.5. The molecule has 1 aromatic rings. The third-order valence-electron chi connectivity index (χ3n) is 1.67. The van der Waals surface area contributed by atoms with Crippen molar-refractivity contribution in [2.45, 2.75) is 11.6 Å². The Bertz CT molecular complexity index is 344. The van der Waals surface area contributed by atoms with Crippen molar-refractivity contribution in [3.05, 3.63) is 5.82 Å². The molecule has 1 aromatic heterocycles. The molecule has 0 radical (unpaired) electrons. The third-order valence-corrected chi connectivity index (χ3v) is 2.47. The summed E-state index contributed by atoms with van der Waals surface area (Å²) in [4.78, 5) is 14.3. The van der Waals surface area contributed by atoms with Crippen molar-refractivity contribution >= 4 is 17.7 Å². The number of ether oxygens (including phenoxy) is 2. The Morgan fingerprint density at radius 3 is 3.00 bits per heavy atom. The molecule has 0 atom stereocenters. The molecule has 0 saturated carbocycles. The summed E-state index contributed by atoms with van der Waals surface area (Å²) in [5.41, 5.74) is 0. The highest BCUT2D eigenvalue weighted by molar-refractivity contribution is 7.99. The summed E-state index contributed by atoms with van der Waals surface area (Å²) in [6.07, 6.45) is 0.529. The first-order valence-electron chi connectivity index (χ1n) is 4.96. The molecule has 96 valence electrons. The minimum atomic E-state index is -0.919. The van der Waals surface area contributed by atoms with Crippen LogP contribution in [0, 0.1) is 0 Å². The van der Waals surface area contributed by atoms with Gasteiger partial charge in [-0.2, -0.15) is 4.98 Å². The molecule has 0 unspecified atom stereocenters. The fraction of sp³-hybridized carbons (Fsp3) is 0.667. The van der Waals surface area contributed by atoms with Gasteiger partial charge in [0, 0.05) is 13.5 Å². The van der Waals surface area contributed by atoms with Gasteiger partial charge in [0.05, 0.1) is 19.8 Å². The lowest BCUT2D eigenvalue weighted by atomic mass is 10.4. The van der Waals surface area contributed by atoms with Crippen LogP contribution in [0.5, 0.6) is 0 Å². The number of rotatable bonds is 9. The molecule has 0 aliphatic carbocycles. The van der Waals surface area contributed by atoms with Gasteiger partial charge < -0.3 is 19.1 Å². The molecule has 17 heavy (non-hydrogen) atoms. The second kappa shape index (κ2) is 8.04. The Hall–Kier alpha value is -1.12. The van der Waals surface area contributed by atoms with Gasteiger partial charge in [0.25, 0.3) is 5.22 Å². The normalized spacial score (nSPS) is 10.6. The van der Waals surface area contributed by atoms with Crippen LogP contribution in [-0.2, 0) is 20.7 Å². The molecule has 0 amide bonds. The molecule has 0 spiro atoms.